The summed E-state index contributed by atoms with van der Waals surface area (Å²) in [6.45, 7) is 2.63. The molecule has 0 aliphatic rings. The maximum Gasteiger partial charge on any atom is 0.211 e. The Labute approximate surface area is 102 Å². The van der Waals surface area contributed by atoms with E-state index in [4.69, 9.17) is 5.73 Å². The fraction of sp³-hybridized carbons (Fsp3) is 0.273. The smallest absolute Gasteiger partial charge is 0.211 e. The maximum atomic E-state index is 5.57. The molecule has 0 aliphatic carbocycles. The summed E-state index contributed by atoms with van der Waals surface area (Å²) in [5, 5.41) is 1.06. The average Bonchev–Trinajstić information content (AvgIpc) is 2.95. The summed E-state index contributed by atoms with van der Waals surface area (Å²) in [7, 11) is 0. The van der Waals surface area contributed by atoms with Crippen LogP contribution in [0.15, 0.2) is 18.6 Å². The third kappa shape index (κ3) is 1.75. The highest BCUT2D eigenvalue weighted by Crippen LogP contribution is 2.25. The molecule has 0 aliphatic heterocycles. The van der Waals surface area contributed by atoms with Crippen molar-refractivity contribution in [3.05, 3.63) is 29.3 Å². The van der Waals surface area contributed by atoms with Crippen molar-refractivity contribution in [3.63, 3.8) is 0 Å². The number of nitrogens with two attached hydrogens (primary N) is 1. The van der Waals surface area contributed by atoms with Gasteiger partial charge in [-0.2, -0.15) is 0 Å². The molecule has 6 heteroatoms. The molecule has 3 rings (SSSR count). The van der Waals surface area contributed by atoms with Gasteiger partial charge < -0.3 is 10.7 Å². The van der Waals surface area contributed by atoms with E-state index in [0.29, 0.717) is 6.54 Å². The second kappa shape index (κ2) is 3.97. The van der Waals surface area contributed by atoms with Crippen LogP contribution >= 0.6 is 11.3 Å². The minimum absolute atomic E-state index is 0.633. The number of fused-ring (bicyclic) bond motifs is 1. The summed E-state index contributed by atoms with van der Waals surface area (Å²) in [5.41, 5.74) is 7.76. The van der Waals surface area contributed by atoms with E-state index in [0.717, 1.165) is 33.5 Å². The van der Waals surface area contributed by atoms with Crippen LogP contribution in [-0.4, -0.2) is 25.9 Å². The molecule has 3 aromatic rings. The van der Waals surface area contributed by atoms with Crippen LogP contribution in [0.2, 0.25) is 0 Å². The number of imidazole rings is 2. The van der Waals surface area contributed by atoms with Crippen LogP contribution < -0.4 is 5.73 Å². The van der Waals surface area contributed by atoms with E-state index in [9.17, 15) is 0 Å². The SMILES string of the molecule is Cc1ncc(-c2cn3c(CCN)cnc3[nH]2)s1. The van der Waals surface area contributed by atoms with Gasteiger partial charge in [-0.25, -0.2) is 9.97 Å². The zero-order valence-electron chi connectivity index (χ0n) is 9.47. The number of hydrogen-bond acceptors (Lipinski definition) is 4. The molecule has 3 aromatic heterocycles. The molecule has 0 saturated carbocycles. The average molecular weight is 247 g/mol. The first-order valence-electron chi connectivity index (χ1n) is 5.46. The molecule has 0 aromatic carbocycles. The monoisotopic (exact) mass is 247 g/mol. The predicted molar refractivity (Wildman–Crippen MR) is 68.1 cm³/mol. The van der Waals surface area contributed by atoms with Crippen LogP contribution in [0.4, 0.5) is 0 Å². The van der Waals surface area contributed by atoms with Crippen molar-refractivity contribution in [1.82, 2.24) is 19.4 Å². The summed E-state index contributed by atoms with van der Waals surface area (Å²) in [4.78, 5) is 13.0. The van der Waals surface area contributed by atoms with E-state index in [1.165, 1.54) is 0 Å². The van der Waals surface area contributed by atoms with Crippen LogP contribution in [0.5, 0.6) is 0 Å². The minimum Gasteiger partial charge on any atom is -0.330 e. The van der Waals surface area contributed by atoms with Gasteiger partial charge in [-0.15, -0.1) is 11.3 Å². The van der Waals surface area contributed by atoms with Gasteiger partial charge in [0.1, 0.15) is 0 Å². The molecule has 0 saturated heterocycles. The fourth-order valence-corrected chi connectivity index (χ4v) is 2.60. The molecule has 0 fully saturated rings. The van der Waals surface area contributed by atoms with E-state index in [2.05, 4.69) is 25.5 Å². The van der Waals surface area contributed by atoms with Gasteiger partial charge in [0.2, 0.25) is 5.78 Å². The van der Waals surface area contributed by atoms with Crippen molar-refractivity contribution < 1.29 is 0 Å². The zero-order valence-corrected chi connectivity index (χ0v) is 10.3. The second-order valence-corrected chi connectivity index (χ2v) is 5.13. The fourth-order valence-electron chi connectivity index (χ4n) is 1.86. The largest absolute Gasteiger partial charge is 0.330 e. The Morgan fingerprint density at radius 2 is 2.29 bits per heavy atom. The number of nitrogens with one attached hydrogen (secondary N) is 1. The van der Waals surface area contributed by atoms with E-state index >= 15 is 0 Å². The number of H-pyrrole nitrogens is 1. The number of aromatic amines is 1. The number of thiazole rings is 1. The van der Waals surface area contributed by atoms with Crippen molar-refractivity contribution in [1.29, 1.82) is 0 Å². The van der Waals surface area contributed by atoms with Crippen molar-refractivity contribution in [2.75, 3.05) is 6.54 Å². The normalized spacial score (nSPS) is 11.4. The lowest BCUT2D eigenvalue weighted by atomic mass is 10.3. The van der Waals surface area contributed by atoms with Gasteiger partial charge >= 0.3 is 0 Å². The molecule has 0 bridgehead atoms. The molecular formula is C11H13N5S. The van der Waals surface area contributed by atoms with Gasteiger partial charge in [-0.3, -0.25) is 4.40 Å². The summed E-state index contributed by atoms with van der Waals surface area (Å²) in [6.07, 6.45) is 6.63. The van der Waals surface area contributed by atoms with Gasteiger partial charge in [0.15, 0.2) is 0 Å². The highest BCUT2D eigenvalue weighted by molar-refractivity contribution is 7.15. The van der Waals surface area contributed by atoms with Gasteiger partial charge in [0.05, 0.1) is 21.8 Å². The Bertz CT molecular complexity index is 648. The maximum absolute atomic E-state index is 5.57. The highest BCUT2D eigenvalue weighted by atomic mass is 32.1. The first kappa shape index (κ1) is 10.5. The van der Waals surface area contributed by atoms with Crippen LogP contribution in [0.3, 0.4) is 0 Å². The predicted octanol–water partition coefficient (Wildman–Crippen LogP) is 1.60. The minimum atomic E-state index is 0.633. The van der Waals surface area contributed by atoms with Gasteiger partial charge in [-0.05, 0) is 13.5 Å². The first-order valence-corrected chi connectivity index (χ1v) is 6.27. The quantitative estimate of drug-likeness (QED) is 0.738. The Morgan fingerprint density at radius 1 is 1.41 bits per heavy atom. The van der Waals surface area contributed by atoms with E-state index < -0.39 is 0 Å². The Balaban J connectivity index is 2.07. The zero-order chi connectivity index (χ0) is 11.8. The Kier molecular flexibility index (Phi) is 2.45. The van der Waals surface area contributed by atoms with Crippen LogP contribution in [-0.2, 0) is 6.42 Å². The summed E-state index contributed by atoms with van der Waals surface area (Å²) < 4.78 is 2.05. The van der Waals surface area contributed by atoms with Crippen LogP contribution in [0.1, 0.15) is 10.7 Å². The van der Waals surface area contributed by atoms with E-state index in [1.807, 2.05) is 19.3 Å². The summed E-state index contributed by atoms with van der Waals surface area (Å²) in [5.74, 6) is 0.856. The molecule has 17 heavy (non-hydrogen) atoms. The molecule has 0 amide bonds. The summed E-state index contributed by atoms with van der Waals surface area (Å²) >= 11 is 1.67. The lowest BCUT2D eigenvalue weighted by Crippen LogP contribution is -2.04. The Morgan fingerprint density at radius 3 is 3.00 bits per heavy atom. The molecular weight excluding hydrogens is 234 g/mol. The Hall–Kier alpha value is -1.66. The molecule has 3 N–H and O–H groups in total. The third-order valence-electron chi connectivity index (χ3n) is 2.67. The number of nitrogens with zero attached hydrogens (tertiary/aromatic N) is 3. The standard InChI is InChI=1S/C11H13N5S/c1-7-13-5-10(17-7)9-6-16-8(2-3-12)4-14-11(16)15-9/h4-6H,2-3,12H2,1H3,(H,14,15). The van der Waals surface area contributed by atoms with Crippen LogP contribution in [0, 0.1) is 6.92 Å². The van der Waals surface area contributed by atoms with E-state index in [1.54, 1.807) is 11.3 Å². The number of rotatable bonds is 3. The summed E-state index contributed by atoms with van der Waals surface area (Å²) in [6, 6.07) is 0. The van der Waals surface area contributed by atoms with E-state index in [-0.39, 0.29) is 0 Å². The number of aromatic nitrogens is 4. The third-order valence-corrected chi connectivity index (χ3v) is 3.61. The topological polar surface area (TPSA) is 72.0 Å². The molecule has 0 atom stereocenters. The van der Waals surface area contributed by atoms with Gasteiger partial charge in [-0.1, -0.05) is 0 Å². The second-order valence-electron chi connectivity index (χ2n) is 3.89. The molecule has 88 valence electrons. The molecule has 5 nitrogen and oxygen atoms in total. The lowest BCUT2D eigenvalue weighted by molar-refractivity contribution is 0.908. The van der Waals surface area contributed by atoms with Crippen molar-refractivity contribution in [3.8, 4) is 10.6 Å². The number of aryl methyl sites for hydroxylation is 1. The highest BCUT2D eigenvalue weighted by Gasteiger charge is 2.09. The van der Waals surface area contributed by atoms with Crippen molar-refractivity contribution in [2.24, 2.45) is 5.73 Å². The first-order chi connectivity index (χ1) is 8.28. The molecule has 3 heterocycles. The van der Waals surface area contributed by atoms with Crippen LogP contribution in [0.25, 0.3) is 16.3 Å². The van der Waals surface area contributed by atoms with Gasteiger partial charge in [0, 0.05) is 24.5 Å². The van der Waals surface area contributed by atoms with Crippen molar-refractivity contribution >= 4 is 17.1 Å². The molecule has 0 unspecified atom stereocenters. The molecule has 0 radical (unpaired) electrons. The van der Waals surface area contributed by atoms with Crippen molar-refractivity contribution in [2.45, 2.75) is 13.3 Å². The molecule has 0 spiro atoms. The number of hydrogen-bond donors (Lipinski definition) is 2. The van der Waals surface area contributed by atoms with Gasteiger partial charge in [0.25, 0.3) is 0 Å². The lowest BCUT2D eigenvalue weighted by Gasteiger charge is -1.93.